The summed E-state index contributed by atoms with van der Waals surface area (Å²) in [5.74, 6) is -0.484. The second kappa shape index (κ2) is 7.05. The second-order valence-electron chi connectivity index (χ2n) is 6.35. The van der Waals surface area contributed by atoms with Crippen molar-refractivity contribution in [3.05, 3.63) is 53.6 Å². The normalized spacial score (nSPS) is 14.4. The van der Waals surface area contributed by atoms with Crippen LogP contribution in [0.2, 0.25) is 0 Å². The maximum absolute atomic E-state index is 12.0. The number of anilines is 1. The molecular weight excluding hydrogens is 336 g/mol. The van der Waals surface area contributed by atoms with Gasteiger partial charge >= 0.3 is 11.8 Å². The summed E-state index contributed by atoms with van der Waals surface area (Å²) in [4.78, 5) is 24.0. The molecule has 0 aromatic heterocycles. The molecule has 0 saturated carbocycles. The van der Waals surface area contributed by atoms with Gasteiger partial charge in [-0.25, -0.2) is 0 Å². The number of hydrogen-bond acceptors (Lipinski definition) is 5. The van der Waals surface area contributed by atoms with E-state index < -0.39 is 17.4 Å². The molecule has 26 heavy (non-hydrogen) atoms. The number of hydrogen-bond donors (Lipinski definition) is 3. The van der Waals surface area contributed by atoms with Crippen molar-refractivity contribution in [1.29, 1.82) is 0 Å². The lowest BCUT2D eigenvalue weighted by atomic mass is 9.95. The third kappa shape index (κ3) is 3.94. The Morgan fingerprint density at radius 2 is 1.88 bits per heavy atom. The first-order chi connectivity index (χ1) is 12.3. The van der Waals surface area contributed by atoms with Crippen molar-refractivity contribution in [3.8, 4) is 11.5 Å². The highest BCUT2D eigenvalue weighted by atomic mass is 16.7. The molecule has 0 bridgehead atoms. The molecule has 3 rings (SSSR count). The first-order valence-electron chi connectivity index (χ1n) is 8.13. The SMILES string of the molecule is Cc1cccc(NC(=O)C(=O)NCC(C)(O)c2ccc3c(c2)OCO3)c1. The lowest BCUT2D eigenvalue weighted by molar-refractivity contribution is -0.136. The number of nitrogens with one attached hydrogen (secondary N) is 2. The third-order valence-corrected chi connectivity index (χ3v) is 4.07. The molecule has 2 amide bonds. The van der Waals surface area contributed by atoms with Crippen LogP contribution in [0.25, 0.3) is 0 Å². The van der Waals surface area contributed by atoms with Gasteiger partial charge < -0.3 is 25.2 Å². The molecule has 1 atom stereocenters. The van der Waals surface area contributed by atoms with E-state index in [1.807, 2.05) is 13.0 Å². The van der Waals surface area contributed by atoms with E-state index in [9.17, 15) is 14.7 Å². The summed E-state index contributed by atoms with van der Waals surface area (Å²) < 4.78 is 10.5. The number of fused-ring (bicyclic) bond motifs is 1. The largest absolute Gasteiger partial charge is 0.454 e. The molecule has 1 aliphatic heterocycles. The van der Waals surface area contributed by atoms with Gasteiger partial charge in [-0.1, -0.05) is 18.2 Å². The molecule has 0 spiro atoms. The molecule has 136 valence electrons. The van der Waals surface area contributed by atoms with E-state index in [1.165, 1.54) is 0 Å². The zero-order valence-electron chi connectivity index (χ0n) is 14.5. The zero-order chi connectivity index (χ0) is 18.7. The van der Waals surface area contributed by atoms with Crippen LogP contribution < -0.4 is 20.1 Å². The van der Waals surface area contributed by atoms with Crippen LogP contribution in [0.4, 0.5) is 5.69 Å². The van der Waals surface area contributed by atoms with E-state index in [0.29, 0.717) is 22.7 Å². The van der Waals surface area contributed by atoms with E-state index in [4.69, 9.17) is 9.47 Å². The number of aliphatic hydroxyl groups is 1. The van der Waals surface area contributed by atoms with Crippen LogP contribution in [0.1, 0.15) is 18.1 Å². The molecule has 0 fully saturated rings. The summed E-state index contributed by atoms with van der Waals surface area (Å²) in [5.41, 5.74) is 0.669. The van der Waals surface area contributed by atoms with Gasteiger partial charge in [0.2, 0.25) is 6.79 Å². The van der Waals surface area contributed by atoms with Crippen LogP contribution in [0, 0.1) is 6.92 Å². The standard InChI is InChI=1S/C19H20N2O5/c1-12-4-3-5-14(8-12)21-18(23)17(22)20-10-19(2,24)13-6-7-15-16(9-13)26-11-25-15/h3-9,24H,10-11H2,1-2H3,(H,20,22)(H,21,23). The zero-order valence-corrected chi connectivity index (χ0v) is 14.5. The third-order valence-electron chi connectivity index (χ3n) is 4.07. The predicted molar refractivity (Wildman–Crippen MR) is 95.0 cm³/mol. The molecule has 0 radical (unpaired) electrons. The topological polar surface area (TPSA) is 96.9 Å². The Labute approximate surface area is 150 Å². The van der Waals surface area contributed by atoms with Gasteiger partial charge in [0.25, 0.3) is 0 Å². The molecule has 1 unspecified atom stereocenters. The Morgan fingerprint density at radius 3 is 2.65 bits per heavy atom. The van der Waals surface area contributed by atoms with Crippen LogP contribution in [0.5, 0.6) is 11.5 Å². The molecule has 2 aromatic rings. The number of ether oxygens (including phenoxy) is 2. The van der Waals surface area contributed by atoms with Gasteiger partial charge in [-0.05, 0) is 49.2 Å². The maximum atomic E-state index is 12.0. The molecule has 0 aliphatic carbocycles. The maximum Gasteiger partial charge on any atom is 0.313 e. The van der Waals surface area contributed by atoms with Gasteiger partial charge in [0.1, 0.15) is 5.60 Å². The Hall–Kier alpha value is -3.06. The Kier molecular flexibility index (Phi) is 4.81. The number of aryl methyl sites for hydroxylation is 1. The minimum atomic E-state index is -1.37. The number of carbonyl (C=O) groups is 2. The lowest BCUT2D eigenvalue weighted by Gasteiger charge is -2.24. The minimum absolute atomic E-state index is 0.132. The summed E-state index contributed by atoms with van der Waals surface area (Å²) in [6.45, 7) is 3.44. The van der Waals surface area contributed by atoms with Gasteiger partial charge in [-0.3, -0.25) is 9.59 Å². The van der Waals surface area contributed by atoms with E-state index in [2.05, 4.69) is 10.6 Å². The highest BCUT2D eigenvalue weighted by Gasteiger charge is 2.27. The number of rotatable bonds is 4. The van der Waals surface area contributed by atoms with Crippen LogP contribution >= 0.6 is 0 Å². The monoisotopic (exact) mass is 356 g/mol. The first-order valence-corrected chi connectivity index (χ1v) is 8.13. The van der Waals surface area contributed by atoms with Gasteiger partial charge in [0.15, 0.2) is 11.5 Å². The van der Waals surface area contributed by atoms with E-state index in [1.54, 1.807) is 43.3 Å². The van der Waals surface area contributed by atoms with Crippen LogP contribution in [0.3, 0.4) is 0 Å². The highest BCUT2D eigenvalue weighted by Crippen LogP contribution is 2.35. The van der Waals surface area contributed by atoms with E-state index in [-0.39, 0.29) is 13.3 Å². The Bertz CT molecular complexity index is 848. The number of amides is 2. The summed E-state index contributed by atoms with van der Waals surface area (Å²) in [7, 11) is 0. The van der Waals surface area contributed by atoms with Gasteiger partial charge in [0, 0.05) is 5.69 Å². The highest BCUT2D eigenvalue weighted by molar-refractivity contribution is 6.39. The molecule has 7 nitrogen and oxygen atoms in total. The minimum Gasteiger partial charge on any atom is -0.454 e. The van der Waals surface area contributed by atoms with Crippen molar-refractivity contribution in [3.63, 3.8) is 0 Å². The summed E-state index contributed by atoms with van der Waals surface area (Å²) in [6.07, 6.45) is 0. The Balaban J connectivity index is 1.60. The molecule has 3 N–H and O–H groups in total. The van der Waals surface area contributed by atoms with Crippen LogP contribution in [-0.2, 0) is 15.2 Å². The predicted octanol–water partition coefficient (Wildman–Crippen LogP) is 1.69. The molecule has 2 aromatic carbocycles. The van der Waals surface area contributed by atoms with Gasteiger partial charge in [0.05, 0.1) is 6.54 Å². The van der Waals surface area contributed by atoms with Crippen molar-refractivity contribution in [2.24, 2.45) is 0 Å². The van der Waals surface area contributed by atoms with Crippen LogP contribution in [-0.4, -0.2) is 30.3 Å². The first kappa shape index (κ1) is 17.8. The fourth-order valence-electron chi connectivity index (χ4n) is 2.58. The quantitative estimate of drug-likeness (QED) is 0.725. The summed E-state index contributed by atoms with van der Waals surface area (Å²) in [6, 6.07) is 12.2. The van der Waals surface area contributed by atoms with E-state index >= 15 is 0 Å². The molecule has 1 aliphatic rings. The molecule has 7 heteroatoms. The lowest BCUT2D eigenvalue weighted by Crippen LogP contribution is -2.43. The number of benzene rings is 2. The molecule has 0 saturated heterocycles. The summed E-state index contributed by atoms with van der Waals surface area (Å²) in [5, 5.41) is 15.6. The van der Waals surface area contributed by atoms with Crippen molar-refractivity contribution in [1.82, 2.24) is 5.32 Å². The molecule has 1 heterocycles. The second-order valence-corrected chi connectivity index (χ2v) is 6.35. The summed E-state index contributed by atoms with van der Waals surface area (Å²) >= 11 is 0. The average Bonchev–Trinajstić information content (AvgIpc) is 3.07. The van der Waals surface area contributed by atoms with Crippen molar-refractivity contribution < 1.29 is 24.2 Å². The number of carbonyl (C=O) groups excluding carboxylic acids is 2. The van der Waals surface area contributed by atoms with Gasteiger partial charge in [-0.2, -0.15) is 0 Å². The van der Waals surface area contributed by atoms with Gasteiger partial charge in [-0.15, -0.1) is 0 Å². The van der Waals surface area contributed by atoms with Crippen LogP contribution in [0.15, 0.2) is 42.5 Å². The van der Waals surface area contributed by atoms with E-state index in [0.717, 1.165) is 5.56 Å². The van der Waals surface area contributed by atoms with Crippen molar-refractivity contribution >= 4 is 17.5 Å². The average molecular weight is 356 g/mol. The van der Waals surface area contributed by atoms with Crippen molar-refractivity contribution in [2.75, 3.05) is 18.7 Å². The Morgan fingerprint density at radius 1 is 1.12 bits per heavy atom. The smallest absolute Gasteiger partial charge is 0.313 e. The fourth-order valence-corrected chi connectivity index (χ4v) is 2.58. The molecular formula is C19H20N2O5. The fraction of sp³-hybridized carbons (Fsp3) is 0.263. The van der Waals surface area contributed by atoms with Crippen molar-refractivity contribution in [2.45, 2.75) is 19.4 Å².